The van der Waals surface area contributed by atoms with Crippen molar-refractivity contribution < 1.29 is 18.8 Å². The maximum absolute atomic E-state index is 11.9. The highest BCUT2D eigenvalue weighted by molar-refractivity contribution is 7.13. The average molecular weight is 322 g/mol. The number of thiophene rings is 1. The smallest absolute Gasteiger partial charge is 0.348 e. The molecule has 1 amide bonds. The van der Waals surface area contributed by atoms with Gasteiger partial charge in [0.2, 0.25) is 5.91 Å². The maximum Gasteiger partial charge on any atom is 0.348 e. The predicted octanol–water partition coefficient (Wildman–Crippen LogP) is 2.39. The number of carbonyl (C=O) groups excluding carboxylic acids is 2. The van der Waals surface area contributed by atoms with Crippen LogP contribution in [0.1, 0.15) is 38.0 Å². The third-order valence-corrected chi connectivity index (χ3v) is 4.36. The highest BCUT2D eigenvalue weighted by Gasteiger charge is 2.12. The normalized spacial score (nSPS) is 10.5. The molecule has 2 aromatic rings. The lowest BCUT2D eigenvalue weighted by Gasteiger charge is -2.03. The molecule has 22 heavy (non-hydrogen) atoms. The summed E-state index contributed by atoms with van der Waals surface area (Å²) in [6, 6.07) is 3.51. The molecule has 0 radical (unpaired) electrons. The summed E-state index contributed by atoms with van der Waals surface area (Å²) in [7, 11) is 1.35. The van der Waals surface area contributed by atoms with Gasteiger partial charge in [-0.3, -0.25) is 4.79 Å². The van der Waals surface area contributed by atoms with Crippen molar-refractivity contribution in [1.82, 2.24) is 10.5 Å². The summed E-state index contributed by atoms with van der Waals surface area (Å²) in [4.78, 5) is 24.7. The Hall–Kier alpha value is -2.15. The fourth-order valence-corrected chi connectivity index (χ4v) is 2.92. The van der Waals surface area contributed by atoms with Crippen LogP contribution in [0.2, 0.25) is 0 Å². The molecule has 0 unspecified atom stereocenters. The molecule has 6 nitrogen and oxygen atoms in total. The highest BCUT2D eigenvalue weighted by atomic mass is 32.1. The van der Waals surface area contributed by atoms with E-state index in [1.807, 2.05) is 19.9 Å². The predicted molar refractivity (Wildman–Crippen MR) is 81.8 cm³/mol. The van der Waals surface area contributed by atoms with Crippen molar-refractivity contribution in [2.24, 2.45) is 0 Å². The quantitative estimate of drug-likeness (QED) is 0.826. The van der Waals surface area contributed by atoms with E-state index in [0.29, 0.717) is 24.3 Å². The number of nitrogens with one attached hydrogen (secondary N) is 1. The number of esters is 1. The van der Waals surface area contributed by atoms with Gasteiger partial charge in [0, 0.05) is 16.9 Å². The average Bonchev–Trinajstić information content (AvgIpc) is 3.10. The van der Waals surface area contributed by atoms with Crippen LogP contribution in [0.3, 0.4) is 0 Å². The number of hydrogen-bond donors (Lipinski definition) is 1. The number of rotatable bonds is 6. The summed E-state index contributed by atoms with van der Waals surface area (Å²) in [5.74, 6) is 0.347. The Morgan fingerprint density at radius 1 is 1.36 bits per heavy atom. The molecule has 1 N–H and O–H groups in total. The van der Waals surface area contributed by atoms with E-state index in [0.717, 1.165) is 21.9 Å². The fraction of sp³-hybridized carbons (Fsp3) is 0.400. The minimum Gasteiger partial charge on any atom is -0.465 e. The third kappa shape index (κ3) is 3.94. The lowest BCUT2D eigenvalue weighted by atomic mass is 10.1. The van der Waals surface area contributed by atoms with Gasteiger partial charge < -0.3 is 14.6 Å². The number of nitrogens with zero attached hydrogens (tertiary/aromatic N) is 1. The molecular formula is C15H18N2O4S. The lowest BCUT2D eigenvalue weighted by Crippen LogP contribution is -2.22. The van der Waals surface area contributed by atoms with E-state index < -0.39 is 0 Å². The Kier molecular flexibility index (Phi) is 5.32. The van der Waals surface area contributed by atoms with Crippen LogP contribution in [-0.4, -0.2) is 24.1 Å². The second-order valence-corrected chi connectivity index (χ2v) is 6.01. The second-order valence-electron chi connectivity index (χ2n) is 4.84. The zero-order valence-electron chi connectivity index (χ0n) is 12.8. The molecule has 2 rings (SSSR count). The van der Waals surface area contributed by atoms with Gasteiger partial charge in [-0.1, -0.05) is 5.16 Å². The molecular weight excluding hydrogens is 304 g/mol. The Balaban J connectivity index is 1.80. The Bertz CT molecular complexity index is 655. The van der Waals surface area contributed by atoms with Crippen LogP contribution in [-0.2, 0) is 22.5 Å². The number of amides is 1. The molecule has 2 heterocycles. The number of methoxy groups -OCH3 is 1. The molecule has 0 aliphatic rings. The van der Waals surface area contributed by atoms with Gasteiger partial charge in [0.05, 0.1) is 19.3 Å². The monoisotopic (exact) mass is 322 g/mol. The molecule has 0 fully saturated rings. The van der Waals surface area contributed by atoms with Gasteiger partial charge in [0.1, 0.15) is 10.6 Å². The van der Waals surface area contributed by atoms with E-state index in [9.17, 15) is 9.59 Å². The molecule has 7 heteroatoms. The van der Waals surface area contributed by atoms with Crippen LogP contribution >= 0.6 is 11.3 Å². The highest BCUT2D eigenvalue weighted by Crippen LogP contribution is 2.17. The first-order valence-corrected chi connectivity index (χ1v) is 7.68. The molecule has 0 saturated carbocycles. The van der Waals surface area contributed by atoms with Gasteiger partial charge in [0.25, 0.3) is 0 Å². The van der Waals surface area contributed by atoms with E-state index in [2.05, 4.69) is 15.2 Å². The molecule has 2 aromatic heterocycles. The first-order chi connectivity index (χ1) is 10.5. The van der Waals surface area contributed by atoms with E-state index >= 15 is 0 Å². The van der Waals surface area contributed by atoms with Crippen LogP contribution in [0, 0.1) is 13.8 Å². The van der Waals surface area contributed by atoms with Crippen molar-refractivity contribution in [2.75, 3.05) is 7.11 Å². The van der Waals surface area contributed by atoms with Crippen LogP contribution in [0.5, 0.6) is 0 Å². The molecule has 0 aliphatic carbocycles. The molecule has 0 spiro atoms. The standard InChI is InChI=1S/C15H18N2O4S/c1-9-12(10(2)21-17-9)5-7-14(18)16-8-11-4-6-13(22-11)15(19)20-3/h4,6H,5,7-8H2,1-3H3,(H,16,18). The molecule has 0 saturated heterocycles. The summed E-state index contributed by atoms with van der Waals surface area (Å²) in [6.45, 7) is 4.11. The molecule has 0 bridgehead atoms. The number of hydrogen-bond acceptors (Lipinski definition) is 6. The van der Waals surface area contributed by atoms with Gasteiger partial charge in [0.15, 0.2) is 0 Å². The zero-order chi connectivity index (χ0) is 16.1. The summed E-state index contributed by atoms with van der Waals surface area (Å²) in [6.07, 6.45) is 0.975. The Labute approximate surface area is 132 Å². The number of aromatic nitrogens is 1. The summed E-state index contributed by atoms with van der Waals surface area (Å²) in [5.41, 5.74) is 1.81. The summed E-state index contributed by atoms with van der Waals surface area (Å²) < 4.78 is 9.72. The summed E-state index contributed by atoms with van der Waals surface area (Å²) in [5, 5.41) is 6.71. The van der Waals surface area contributed by atoms with Gasteiger partial charge in [-0.2, -0.15) is 0 Å². The fourth-order valence-electron chi connectivity index (χ4n) is 2.05. The SMILES string of the molecule is COC(=O)c1ccc(CNC(=O)CCc2c(C)noc2C)s1. The first kappa shape index (κ1) is 16.2. The maximum atomic E-state index is 11.9. The van der Waals surface area contributed by atoms with E-state index in [-0.39, 0.29) is 11.9 Å². The van der Waals surface area contributed by atoms with Crippen molar-refractivity contribution in [1.29, 1.82) is 0 Å². The van der Waals surface area contributed by atoms with Gasteiger partial charge >= 0.3 is 5.97 Å². The second kappa shape index (κ2) is 7.22. The van der Waals surface area contributed by atoms with E-state index in [4.69, 9.17) is 4.52 Å². The molecule has 118 valence electrons. The minimum atomic E-state index is -0.360. The summed E-state index contributed by atoms with van der Waals surface area (Å²) >= 11 is 1.31. The first-order valence-electron chi connectivity index (χ1n) is 6.86. The van der Waals surface area contributed by atoms with Gasteiger partial charge in [-0.15, -0.1) is 11.3 Å². The van der Waals surface area contributed by atoms with E-state index in [1.54, 1.807) is 6.07 Å². The molecule has 0 aliphatic heterocycles. The van der Waals surface area contributed by atoms with Crippen LogP contribution in [0.4, 0.5) is 0 Å². The van der Waals surface area contributed by atoms with Gasteiger partial charge in [-0.05, 0) is 32.4 Å². The Morgan fingerprint density at radius 3 is 2.77 bits per heavy atom. The van der Waals surface area contributed by atoms with Crippen molar-refractivity contribution >= 4 is 23.2 Å². The molecule has 0 aromatic carbocycles. The van der Waals surface area contributed by atoms with Crippen molar-refractivity contribution in [3.8, 4) is 0 Å². The van der Waals surface area contributed by atoms with E-state index in [1.165, 1.54) is 18.4 Å². The number of carbonyl (C=O) groups is 2. The largest absolute Gasteiger partial charge is 0.465 e. The minimum absolute atomic E-state index is 0.0481. The topological polar surface area (TPSA) is 81.4 Å². The molecule has 0 atom stereocenters. The van der Waals surface area contributed by atoms with Crippen molar-refractivity contribution in [3.05, 3.63) is 38.9 Å². The van der Waals surface area contributed by atoms with Crippen molar-refractivity contribution in [2.45, 2.75) is 33.2 Å². The van der Waals surface area contributed by atoms with Crippen molar-refractivity contribution in [3.63, 3.8) is 0 Å². The zero-order valence-corrected chi connectivity index (χ0v) is 13.6. The van der Waals surface area contributed by atoms with Gasteiger partial charge in [-0.25, -0.2) is 4.79 Å². The number of ether oxygens (including phenoxy) is 1. The lowest BCUT2D eigenvalue weighted by molar-refractivity contribution is -0.121. The van der Waals surface area contributed by atoms with Crippen LogP contribution in [0.15, 0.2) is 16.7 Å². The van der Waals surface area contributed by atoms with Crippen LogP contribution in [0.25, 0.3) is 0 Å². The number of aryl methyl sites for hydroxylation is 2. The van der Waals surface area contributed by atoms with Crippen LogP contribution < -0.4 is 5.32 Å². The Morgan fingerprint density at radius 2 is 2.14 bits per heavy atom. The third-order valence-electron chi connectivity index (χ3n) is 3.29.